The Morgan fingerprint density at radius 3 is 2.55 bits per heavy atom. The molecule has 0 radical (unpaired) electrons. The van der Waals surface area contributed by atoms with Crippen LogP contribution in [0.4, 0.5) is 0 Å². The van der Waals surface area contributed by atoms with Crippen LogP contribution in [0.25, 0.3) is 6.08 Å². The average molecular weight is 676 g/mol. The number of hydroxylamine groups is 2. The Hall–Kier alpha value is -3.85. The number of nitrogens with zero attached hydrogens (tertiary/aromatic N) is 2. The molecule has 8 rings (SSSR count). The van der Waals surface area contributed by atoms with Gasteiger partial charge in [0.2, 0.25) is 11.8 Å². The Morgan fingerprint density at radius 1 is 1.02 bits per heavy atom. The molecule has 2 aromatic carbocycles. The molecule has 2 aliphatic carbocycles. The predicted molar refractivity (Wildman–Crippen MR) is 171 cm³/mol. The van der Waals surface area contributed by atoms with Crippen LogP contribution in [0, 0.1) is 5.41 Å². The first kappa shape index (κ1) is 32.4. The summed E-state index contributed by atoms with van der Waals surface area (Å²) in [7, 11) is 0. The Kier molecular flexibility index (Phi) is 8.45. The summed E-state index contributed by atoms with van der Waals surface area (Å²) in [4.78, 5) is 50.9. The lowest BCUT2D eigenvalue weighted by Crippen LogP contribution is -2.70. The highest BCUT2D eigenvalue weighted by atomic mass is 16.8. The molecular weight excluding hydrogens is 634 g/mol. The molecule has 2 bridgehead atoms. The number of hydrogen-bond donors (Lipinski definition) is 3. The molecule has 1 saturated carbocycles. The highest BCUT2D eigenvalue weighted by Gasteiger charge is 2.77. The highest BCUT2D eigenvalue weighted by molar-refractivity contribution is 5.96. The minimum Gasteiger partial charge on any atom is -0.499 e. The van der Waals surface area contributed by atoms with Crippen molar-refractivity contribution in [1.29, 1.82) is 0 Å². The first-order valence-electron chi connectivity index (χ1n) is 17.1. The zero-order valence-corrected chi connectivity index (χ0v) is 27.1. The van der Waals surface area contributed by atoms with E-state index in [0.29, 0.717) is 32.2 Å². The molecule has 0 aromatic heterocycles. The van der Waals surface area contributed by atoms with Crippen molar-refractivity contribution in [1.82, 2.24) is 15.3 Å². The van der Waals surface area contributed by atoms with Gasteiger partial charge < -0.3 is 39.4 Å². The zero-order chi connectivity index (χ0) is 33.8. The van der Waals surface area contributed by atoms with Crippen molar-refractivity contribution in [2.75, 3.05) is 32.9 Å². The van der Waals surface area contributed by atoms with E-state index in [9.17, 15) is 14.7 Å². The van der Waals surface area contributed by atoms with Gasteiger partial charge >= 0.3 is 5.97 Å². The Labute approximate surface area is 283 Å². The Bertz CT molecular complexity index is 1630. The summed E-state index contributed by atoms with van der Waals surface area (Å²) in [6.45, 7) is 0.402. The van der Waals surface area contributed by atoms with Gasteiger partial charge in [0.05, 0.1) is 26.0 Å². The van der Waals surface area contributed by atoms with Gasteiger partial charge in [0.1, 0.15) is 42.5 Å². The third-order valence-corrected chi connectivity index (χ3v) is 10.9. The summed E-state index contributed by atoms with van der Waals surface area (Å²) in [6, 6.07) is 13.8. The molecule has 4 aliphatic heterocycles. The monoisotopic (exact) mass is 675 g/mol. The van der Waals surface area contributed by atoms with Gasteiger partial charge in [0.25, 0.3) is 0 Å². The molecule has 7 atom stereocenters. The van der Waals surface area contributed by atoms with Gasteiger partial charge in [0, 0.05) is 32.4 Å². The fourth-order valence-electron chi connectivity index (χ4n) is 8.84. The van der Waals surface area contributed by atoms with Crippen molar-refractivity contribution in [2.24, 2.45) is 5.41 Å². The maximum absolute atomic E-state index is 15.1. The Morgan fingerprint density at radius 2 is 1.78 bits per heavy atom. The van der Waals surface area contributed by atoms with Crippen molar-refractivity contribution in [3.8, 4) is 0 Å². The number of aliphatic hydroxyl groups is 2. The fourth-order valence-corrected chi connectivity index (χ4v) is 8.84. The number of amides is 2. The van der Waals surface area contributed by atoms with E-state index in [-0.39, 0.29) is 51.1 Å². The van der Waals surface area contributed by atoms with Crippen LogP contribution < -0.4 is 5.32 Å². The SMILES string of the molecule is O=C(NCCO)[C@H]1CCCN1C(=O)[C@@]12C[C@H]3OC(=O)[C@@H]1N(Cc1ccccc1C=COCCO)O[C@@H]2[C@H]1OC2(Cc4ccccc4C2)O[C@H]13. The standard InChI is InChI=1S/C36H41N3O10/c40-14-12-37-32(42)26-10-5-13-38(26)34(44)36-20-27-28-29(48-35(47-28)18-23-7-2-3-8-24(23)19-35)31(36)49-39(30(36)33(43)46-27)21-25-9-4-1-6-22(25)11-16-45-17-15-41/h1-4,6-9,11,16,26-31,40-41H,5,10,12-15,17-21H2,(H,37,42)/t26-,27-,28+,29+,30+,31-,36+/m1/s1. The van der Waals surface area contributed by atoms with Crippen molar-refractivity contribution in [3.63, 3.8) is 0 Å². The van der Waals surface area contributed by atoms with Gasteiger partial charge in [-0.05, 0) is 41.2 Å². The number of rotatable bonds is 10. The molecule has 13 nitrogen and oxygen atoms in total. The molecule has 4 saturated heterocycles. The van der Waals surface area contributed by atoms with Crippen LogP contribution in [0.3, 0.4) is 0 Å². The van der Waals surface area contributed by atoms with Crippen LogP contribution in [0.1, 0.15) is 41.5 Å². The first-order chi connectivity index (χ1) is 23.9. The number of aliphatic hydroxyl groups excluding tert-OH is 2. The minimum atomic E-state index is -1.41. The van der Waals surface area contributed by atoms with E-state index in [1.807, 2.05) is 36.4 Å². The molecular formula is C36H41N3O10. The molecule has 2 amide bonds. The van der Waals surface area contributed by atoms with Gasteiger partial charge in [0.15, 0.2) is 11.8 Å². The van der Waals surface area contributed by atoms with Crippen LogP contribution >= 0.6 is 0 Å². The topological polar surface area (TPSA) is 156 Å². The van der Waals surface area contributed by atoms with Crippen molar-refractivity contribution in [3.05, 3.63) is 77.0 Å². The van der Waals surface area contributed by atoms with Gasteiger partial charge in [-0.25, -0.2) is 0 Å². The lowest BCUT2D eigenvalue weighted by molar-refractivity contribution is -0.218. The second-order valence-corrected chi connectivity index (χ2v) is 13.7. The number of nitrogens with one attached hydrogen (secondary N) is 1. The molecule has 49 heavy (non-hydrogen) atoms. The van der Waals surface area contributed by atoms with Crippen LogP contribution in [0.5, 0.6) is 0 Å². The van der Waals surface area contributed by atoms with Crippen molar-refractivity contribution >= 4 is 23.9 Å². The summed E-state index contributed by atoms with van der Waals surface area (Å²) in [5.74, 6) is -2.23. The van der Waals surface area contributed by atoms with Crippen molar-refractivity contribution in [2.45, 2.75) is 80.9 Å². The van der Waals surface area contributed by atoms with E-state index in [1.54, 1.807) is 16.0 Å². The molecule has 6 aliphatic rings. The number of carbonyl (C=O) groups is 3. The summed E-state index contributed by atoms with van der Waals surface area (Å²) < 4.78 is 25.1. The number of likely N-dealkylation sites (tertiary alicyclic amines) is 1. The fraction of sp³-hybridized carbons (Fsp3) is 0.528. The second-order valence-electron chi connectivity index (χ2n) is 13.7. The van der Waals surface area contributed by atoms with Crippen LogP contribution in [-0.4, -0.2) is 113 Å². The largest absolute Gasteiger partial charge is 0.499 e. The molecule has 0 unspecified atom stereocenters. The number of hydrogen-bond acceptors (Lipinski definition) is 11. The summed E-state index contributed by atoms with van der Waals surface area (Å²) in [5.41, 5.74) is 2.46. The van der Waals surface area contributed by atoms with E-state index in [4.69, 9.17) is 28.9 Å². The zero-order valence-electron chi connectivity index (χ0n) is 27.1. The highest BCUT2D eigenvalue weighted by Crippen LogP contribution is 2.59. The molecule has 3 N–H and O–H groups in total. The minimum absolute atomic E-state index is 0.0807. The maximum atomic E-state index is 15.1. The predicted octanol–water partition coefficient (Wildman–Crippen LogP) is 0.845. The summed E-state index contributed by atoms with van der Waals surface area (Å²) in [5, 5.41) is 22.7. The van der Waals surface area contributed by atoms with Crippen LogP contribution in [-0.2, 0) is 57.6 Å². The van der Waals surface area contributed by atoms with E-state index < -0.39 is 53.7 Å². The normalized spacial score (nSPS) is 32.4. The number of carbonyl (C=O) groups excluding carboxylic acids is 3. The molecule has 5 fully saturated rings. The number of ether oxygens (including phenoxy) is 4. The van der Waals surface area contributed by atoms with Gasteiger partial charge in [-0.1, -0.05) is 48.5 Å². The Balaban J connectivity index is 1.16. The van der Waals surface area contributed by atoms with E-state index in [1.165, 1.54) is 6.26 Å². The lowest BCUT2D eigenvalue weighted by atomic mass is 9.62. The number of benzene rings is 2. The molecule has 1 spiro atoms. The van der Waals surface area contributed by atoms with Gasteiger partial charge in [-0.3, -0.25) is 19.2 Å². The van der Waals surface area contributed by atoms with E-state index in [0.717, 1.165) is 22.3 Å². The molecule has 2 aromatic rings. The lowest BCUT2D eigenvalue weighted by Gasteiger charge is -2.50. The maximum Gasteiger partial charge on any atom is 0.327 e. The van der Waals surface area contributed by atoms with E-state index in [2.05, 4.69) is 17.4 Å². The van der Waals surface area contributed by atoms with E-state index >= 15 is 4.79 Å². The van der Waals surface area contributed by atoms with Gasteiger partial charge in [-0.2, -0.15) is 5.06 Å². The van der Waals surface area contributed by atoms with Gasteiger partial charge in [-0.15, -0.1) is 0 Å². The van der Waals surface area contributed by atoms with Crippen LogP contribution in [0.15, 0.2) is 54.8 Å². The molecule has 13 heteroatoms. The second kappa shape index (κ2) is 12.8. The molecule has 260 valence electrons. The molecule has 4 heterocycles. The number of esters is 1. The third-order valence-electron chi connectivity index (χ3n) is 10.9. The quantitative estimate of drug-likeness (QED) is 0.186. The smallest absolute Gasteiger partial charge is 0.327 e. The average Bonchev–Trinajstić information content (AvgIpc) is 3.89. The first-order valence-corrected chi connectivity index (χ1v) is 17.1. The summed E-state index contributed by atoms with van der Waals surface area (Å²) in [6.07, 6.45) is 2.58. The summed E-state index contributed by atoms with van der Waals surface area (Å²) >= 11 is 0. The number of fused-ring (bicyclic) bond motifs is 5. The third kappa shape index (κ3) is 5.34. The van der Waals surface area contributed by atoms with Crippen LogP contribution in [0.2, 0.25) is 0 Å². The van der Waals surface area contributed by atoms with Crippen molar-refractivity contribution < 1.29 is 48.4 Å².